The van der Waals surface area contributed by atoms with Crippen LogP contribution in [0, 0.1) is 18.3 Å². The molecule has 20 heavy (non-hydrogen) atoms. The zero-order valence-electron chi connectivity index (χ0n) is 10.9. The highest BCUT2D eigenvalue weighted by Crippen LogP contribution is 2.16. The highest BCUT2D eigenvalue weighted by molar-refractivity contribution is 9.10. The van der Waals surface area contributed by atoms with Crippen LogP contribution in [0.25, 0.3) is 0 Å². The Kier molecular flexibility index (Phi) is 4.49. The lowest BCUT2D eigenvalue weighted by Gasteiger charge is -2.09. The van der Waals surface area contributed by atoms with E-state index in [0.717, 1.165) is 15.6 Å². The molecule has 0 atom stereocenters. The minimum absolute atomic E-state index is 0.294. The molecule has 1 aromatic heterocycles. The van der Waals surface area contributed by atoms with Crippen molar-refractivity contribution < 1.29 is 4.79 Å². The number of pyridine rings is 1. The average molecular weight is 330 g/mol. The Morgan fingerprint density at radius 1 is 1.45 bits per heavy atom. The number of nitrogens with zero attached hydrogens (tertiary/aromatic N) is 2. The van der Waals surface area contributed by atoms with Crippen molar-refractivity contribution >= 4 is 21.8 Å². The molecule has 0 saturated heterocycles. The molecule has 2 rings (SSSR count). The lowest BCUT2D eigenvalue weighted by atomic mass is 10.1. The van der Waals surface area contributed by atoms with Gasteiger partial charge in [-0.2, -0.15) is 5.26 Å². The van der Waals surface area contributed by atoms with Gasteiger partial charge in [-0.1, -0.05) is 22.0 Å². The van der Waals surface area contributed by atoms with Crippen molar-refractivity contribution in [3.05, 3.63) is 63.4 Å². The van der Waals surface area contributed by atoms with Crippen LogP contribution in [-0.2, 0) is 6.54 Å². The SMILES string of the molecule is Cc1ccc(Br)cc1CNC(=O)c1cnccc1C#N. The van der Waals surface area contributed by atoms with Crippen molar-refractivity contribution in [2.75, 3.05) is 0 Å². The second kappa shape index (κ2) is 6.31. The van der Waals surface area contributed by atoms with Gasteiger partial charge in [0.1, 0.15) is 6.07 Å². The van der Waals surface area contributed by atoms with E-state index in [2.05, 4.69) is 26.2 Å². The second-order valence-corrected chi connectivity index (χ2v) is 5.20. The summed E-state index contributed by atoms with van der Waals surface area (Å²) >= 11 is 3.41. The molecule has 1 heterocycles. The number of amides is 1. The van der Waals surface area contributed by atoms with Crippen LogP contribution in [0.4, 0.5) is 0 Å². The summed E-state index contributed by atoms with van der Waals surface area (Å²) < 4.78 is 0.964. The van der Waals surface area contributed by atoms with Crippen molar-refractivity contribution in [1.82, 2.24) is 10.3 Å². The lowest BCUT2D eigenvalue weighted by Crippen LogP contribution is -2.24. The van der Waals surface area contributed by atoms with Gasteiger partial charge in [0.05, 0.1) is 11.1 Å². The zero-order chi connectivity index (χ0) is 14.5. The fourth-order valence-electron chi connectivity index (χ4n) is 1.77. The molecule has 0 aliphatic heterocycles. The van der Waals surface area contributed by atoms with Crippen LogP contribution in [0.15, 0.2) is 41.1 Å². The number of carbonyl (C=O) groups is 1. The number of rotatable bonds is 3. The van der Waals surface area contributed by atoms with Gasteiger partial charge < -0.3 is 5.32 Å². The average Bonchev–Trinajstić information content (AvgIpc) is 2.47. The molecule has 0 bridgehead atoms. The van der Waals surface area contributed by atoms with Gasteiger partial charge in [-0.15, -0.1) is 0 Å². The first-order chi connectivity index (χ1) is 9.61. The fourth-order valence-corrected chi connectivity index (χ4v) is 2.18. The van der Waals surface area contributed by atoms with E-state index < -0.39 is 0 Å². The smallest absolute Gasteiger partial charge is 0.254 e. The van der Waals surface area contributed by atoms with E-state index in [1.807, 2.05) is 31.2 Å². The number of hydrogen-bond donors (Lipinski definition) is 1. The third kappa shape index (κ3) is 3.22. The van der Waals surface area contributed by atoms with Crippen molar-refractivity contribution in [2.45, 2.75) is 13.5 Å². The second-order valence-electron chi connectivity index (χ2n) is 4.29. The number of aromatic nitrogens is 1. The molecular weight excluding hydrogens is 318 g/mol. The van der Waals surface area contributed by atoms with E-state index in [1.165, 1.54) is 18.5 Å². The van der Waals surface area contributed by atoms with E-state index >= 15 is 0 Å². The van der Waals surface area contributed by atoms with E-state index in [4.69, 9.17) is 5.26 Å². The molecule has 100 valence electrons. The molecule has 0 spiro atoms. The third-order valence-electron chi connectivity index (χ3n) is 2.94. The number of halogens is 1. The summed E-state index contributed by atoms with van der Waals surface area (Å²) in [5.74, 6) is -0.297. The Hall–Kier alpha value is -2.19. The summed E-state index contributed by atoms with van der Waals surface area (Å²) in [7, 11) is 0. The van der Waals surface area contributed by atoms with Crippen LogP contribution in [-0.4, -0.2) is 10.9 Å². The number of nitrogens with one attached hydrogen (secondary N) is 1. The molecule has 2 aromatic rings. The minimum atomic E-state index is -0.297. The van der Waals surface area contributed by atoms with Gasteiger partial charge in [-0.05, 0) is 36.2 Å². The topological polar surface area (TPSA) is 65.8 Å². The molecule has 1 amide bonds. The number of nitriles is 1. The van der Waals surface area contributed by atoms with Gasteiger partial charge in [-0.3, -0.25) is 9.78 Å². The maximum absolute atomic E-state index is 12.1. The first-order valence-corrected chi connectivity index (χ1v) is 6.78. The maximum Gasteiger partial charge on any atom is 0.254 e. The number of aryl methyl sites for hydroxylation is 1. The predicted molar refractivity (Wildman–Crippen MR) is 79.0 cm³/mol. The highest BCUT2D eigenvalue weighted by Gasteiger charge is 2.11. The highest BCUT2D eigenvalue weighted by atomic mass is 79.9. The number of carbonyl (C=O) groups excluding carboxylic acids is 1. The van der Waals surface area contributed by atoms with E-state index in [1.54, 1.807) is 0 Å². The number of hydrogen-bond acceptors (Lipinski definition) is 3. The van der Waals surface area contributed by atoms with Crippen LogP contribution in [0.1, 0.15) is 27.0 Å². The molecule has 0 saturated carbocycles. The van der Waals surface area contributed by atoms with E-state index in [0.29, 0.717) is 17.7 Å². The quantitative estimate of drug-likeness (QED) is 0.941. The summed E-state index contributed by atoms with van der Waals surface area (Å²) in [4.78, 5) is 16.0. The van der Waals surface area contributed by atoms with Crippen LogP contribution >= 0.6 is 15.9 Å². The first kappa shape index (κ1) is 14.2. The molecule has 5 heteroatoms. The molecule has 1 N–H and O–H groups in total. The van der Waals surface area contributed by atoms with Crippen LogP contribution < -0.4 is 5.32 Å². The summed E-state index contributed by atoms with van der Waals surface area (Å²) in [6, 6.07) is 9.41. The van der Waals surface area contributed by atoms with Crippen LogP contribution in [0.2, 0.25) is 0 Å². The van der Waals surface area contributed by atoms with Gasteiger partial charge in [-0.25, -0.2) is 0 Å². The summed E-state index contributed by atoms with van der Waals surface area (Å²) in [5, 5.41) is 11.8. The van der Waals surface area contributed by atoms with Crippen molar-refractivity contribution in [1.29, 1.82) is 5.26 Å². The molecular formula is C15H12BrN3O. The normalized spacial score (nSPS) is 9.85. The molecule has 0 aliphatic rings. The lowest BCUT2D eigenvalue weighted by molar-refractivity contribution is 0.0950. The summed E-state index contributed by atoms with van der Waals surface area (Å²) in [6.07, 6.45) is 2.90. The molecule has 0 aliphatic carbocycles. The van der Waals surface area contributed by atoms with Crippen molar-refractivity contribution in [2.24, 2.45) is 0 Å². The van der Waals surface area contributed by atoms with Gasteiger partial charge in [0, 0.05) is 23.4 Å². The van der Waals surface area contributed by atoms with Crippen LogP contribution in [0.3, 0.4) is 0 Å². The van der Waals surface area contributed by atoms with Crippen molar-refractivity contribution in [3.8, 4) is 6.07 Å². The zero-order valence-corrected chi connectivity index (χ0v) is 12.4. The predicted octanol–water partition coefficient (Wildman–Crippen LogP) is 2.95. The van der Waals surface area contributed by atoms with Crippen LogP contribution in [0.5, 0.6) is 0 Å². The number of benzene rings is 1. The monoisotopic (exact) mass is 329 g/mol. The molecule has 1 aromatic carbocycles. The van der Waals surface area contributed by atoms with Gasteiger partial charge in [0.2, 0.25) is 0 Å². The largest absolute Gasteiger partial charge is 0.348 e. The molecule has 0 unspecified atom stereocenters. The third-order valence-corrected chi connectivity index (χ3v) is 3.43. The Morgan fingerprint density at radius 3 is 3.00 bits per heavy atom. The Bertz CT molecular complexity index is 692. The van der Waals surface area contributed by atoms with E-state index in [-0.39, 0.29) is 5.91 Å². The summed E-state index contributed by atoms with van der Waals surface area (Å²) in [5.41, 5.74) is 2.74. The van der Waals surface area contributed by atoms with Gasteiger partial charge in [0.15, 0.2) is 0 Å². The Labute approximate surface area is 125 Å². The standard InChI is InChI=1S/C15H12BrN3O/c1-10-2-3-13(16)6-12(10)8-19-15(20)14-9-18-5-4-11(14)7-17/h2-6,9H,8H2,1H3,(H,19,20). The fraction of sp³-hybridized carbons (Fsp3) is 0.133. The molecule has 0 fully saturated rings. The molecule has 4 nitrogen and oxygen atoms in total. The minimum Gasteiger partial charge on any atom is -0.348 e. The van der Waals surface area contributed by atoms with E-state index in [9.17, 15) is 4.79 Å². The van der Waals surface area contributed by atoms with Gasteiger partial charge >= 0.3 is 0 Å². The first-order valence-electron chi connectivity index (χ1n) is 5.99. The molecule has 0 radical (unpaired) electrons. The Morgan fingerprint density at radius 2 is 2.25 bits per heavy atom. The van der Waals surface area contributed by atoms with Gasteiger partial charge in [0.25, 0.3) is 5.91 Å². The summed E-state index contributed by atoms with van der Waals surface area (Å²) in [6.45, 7) is 2.39. The van der Waals surface area contributed by atoms with Crippen molar-refractivity contribution in [3.63, 3.8) is 0 Å². The maximum atomic E-state index is 12.1. The Balaban J connectivity index is 2.13.